The molecule has 4 aliphatic heterocycles. The summed E-state index contributed by atoms with van der Waals surface area (Å²) in [5.41, 5.74) is 2.89. The van der Waals surface area contributed by atoms with E-state index in [1.807, 2.05) is 48.5 Å². The monoisotopic (exact) mass is 962 g/mol. The number of benzene rings is 5. The summed E-state index contributed by atoms with van der Waals surface area (Å²) in [7, 11) is 2.42. The maximum absolute atomic E-state index is 14.7. The highest BCUT2D eigenvalue weighted by Gasteiger charge is 2.66. The number of aromatic nitrogens is 4. The number of fused-ring (bicyclic) bond motifs is 2. The molecule has 11 rings (SSSR count). The van der Waals surface area contributed by atoms with Gasteiger partial charge in [-0.05, 0) is 47.5 Å². The number of anilines is 2. The number of ether oxygens (including phenoxy) is 4. The molecule has 70 heavy (non-hydrogen) atoms. The molecule has 2 atom stereocenters. The van der Waals surface area contributed by atoms with Crippen molar-refractivity contribution in [3.8, 4) is 34.1 Å². The third kappa shape index (κ3) is 6.72. The second-order valence-electron chi connectivity index (χ2n) is 18.0. The van der Waals surface area contributed by atoms with Crippen LogP contribution in [0.25, 0.3) is 33.2 Å². The Morgan fingerprint density at radius 1 is 0.614 bits per heavy atom. The van der Waals surface area contributed by atoms with E-state index in [1.165, 1.54) is 32.7 Å². The molecule has 2 unspecified atom stereocenters. The maximum atomic E-state index is 14.7. The van der Waals surface area contributed by atoms with E-state index >= 15 is 0 Å². The van der Waals surface area contributed by atoms with Crippen molar-refractivity contribution in [2.45, 2.75) is 22.9 Å². The van der Waals surface area contributed by atoms with Gasteiger partial charge >= 0.3 is 0 Å². The first kappa shape index (κ1) is 44.4. The standard InChI is InChI=1S/C50H46N10O9S/c1-66-32-17-30(18-33(21-32)67-2)59-44(51)40(46-53-36-8-6-7-9-37(36)54-46)42(61)49(59)23-57(24-49)48(63)28-12-10-27(11-13-28)29-14-15-38-39(16-29)56-47(55-38)41-43(62)50(25-58(26-50)70(5,64)65)60(45(41)52)31-19-34(68-3)22-35(20-31)69-4/h6-22,40-41,51-52H,23-26H2,1-5H3,(H,53,54)(H,55,56). The number of amides is 1. The number of methoxy groups -OCH3 is 4. The van der Waals surface area contributed by atoms with Gasteiger partial charge in [-0.1, -0.05) is 30.3 Å². The van der Waals surface area contributed by atoms with Gasteiger partial charge in [-0.3, -0.25) is 25.2 Å². The summed E-state index contributed by atoms with van der Waals surface area (Å²) in [6, 6.07) is 30.3. The molecule has 5 aromatic carbocycles. The molecule has 20 heteroatoms. The Bertz CT molecular complexity index is 3410. The summed E-state index contributed by atoms with van der Waals surface area (Å²) in [5, 5.41) is 18.9. The van der Waals surface area contributed by atoms with Crippen LogP contribution >= 0.6 is 0 Å². The van der Waals surface area contributed by atoms with Gasteiger partial charge in [0.25, 0.3) is 5.91 Å². The van der Waals surface area contributed by atoms with Crippen LogP contribution in [0.1, 0.15) is 33.8 Å². The number of aromatic amines is 2. The van der Waals surface area contributed by atoms with Gasteiger partial charge < -0.3 is 43.6 Å². The molecule has 0 bridgehead atoms. The summed E-state index contributed by atoms with van der Waals surface area (Å²) >= 11 is 0. The predicted octanol–water partition coefficient (Wildman–Crippen LogP) is 5.35. The van der Waals surface area contributed by atoms with E-state index < -0.39 is 32.9 Å². The number of Topliss-reactive ketones (excluding diaryl/α,β-unsaturated/α-hetero) is 2. The number of sulfonamides is 1. The van der Waals surface area contributed by atoms with Crippen LogP contribution in [0.15, 0.2) is 103 Å². The normalized spacial score (nSPS) is 19.6. The van der Waals surface area contributed by atoms with Crippen molar-refractivity contribution in [2.75, 3.05) is 70.7 Å². The number of H-pyrrole nitrogens is 2. The number of nitrogens with one attached hydrogen (secondary N) is 4. The smallest absolute Gasteiger partial charge is 0.254 e. The Labute approximate surface area is 401 Å². The molecule has 1 amide bonds. The van der Waals surface area contributed by atoms with Crippen LogP contribution in [0, 0.1) is 10.8 Å². The van der Waals surface area contributed by atoms with Gasteiger partial charge in [-0.25, -0.2) is 18.4 Å². The van der Waals surface area contributed by atoms with Crippen LogP contribution in [0.2, 0.25) is 0 Å². The molecule has 4 fully saturated rings. The SMILES string of the molecule is COc1cc(OC)cc(N2C(=N)C(c3nc4ccccc4[nH]3)C(=O)C23CN(C(=O)c2ccc(-c4ccc5nc(C6C(=N)N(c7cc(OC)cc(OC)c7)C7(CN(S(C)(=O)=O)C7)C6=O)[nH]c5c4)cc2)C3)c1. The van der Waals surface area contributed by atoms with Crippen LogP contribution in [0.4, 0.5) is 11.4 Å². The number of nitrogens with zero attached hydrogens (tertiary/aromatic N) is 6. The molecule has 7 aromatic rings. The van der Waals surface area contributed by atoms with Crippen LogP contribution in [-0.4, -0.2) is 139 Å². The Morgan fingerprint density at radius 2 is 1.07 bits per heavy atom. The fourth-order valence-electron chi connectivity index (χ4n) is 10.4. The number of hydrogen-bond acceptors (Lipinski definition) is 13. The summed E-state index contributed by atoms with van der Waals surface area (Å²) < 4.78 is 48.5. The fraction of sp³-hybridized carbons (Fsp3) is 0.260. The van der Waals surface area contributed by atoms with Gasteiger partial charge in [0.05, 0.1) is 81.2 Å². The van der Waals surface area contributed by atoms with Crippen LogP contribution < -0.4 is 28.7 Å². The summed E-state index contributed by atoms with van der Waals surface area (Å²) in [6.45, 7) is -0.246. The summed E-state index contributed by atoms with van der Waals surface area (Å²) in [5.74, 6) is -0.668. The largest absolute Gasteiger partial charge is 0.497 e. The molecule has 356 valence electrons. The third-order valence-electron chi connectivity index (χ3n) is 14.0. The van der Waals surface area contributed by atoms with Crippen molar-refractivity contribution < 1.29 is 41.7 Å². The average molecular weight is 963 g/mol. The number of ketones is 2. The van der Waals surface area contributed by atoms with Crippen molar-refractivity contribution in [2.24, 2.45) is 0 Å². The van der Waals surface area contributed by atoms with Crippen LogP contribution in [-0.2, 0) is 19.6 Å². The number of rotatable bonds is 11. The van der Waals surface area contributed by atoms with Gasteiger partial charge in [-0.2, -0.15) is 4.31 Å². The lowest BCUT2D eigenvalue weighted by atomic mass is 9.82. The van der Waals surface area contributed by atoms with Crippen LogP contribution in [0.3, 0.4) is 0 Å². The van der Waals surface area contributed by atoms with Gasteiger partial charge in [0.15, 0.2) is 11.6 Å². The predicted molar refractivity (Wildman–Crippen MR) is 260 cm³/mol. The molecule has 19 nitrogen and oxygen atoms in total. The Kier molecular flexibility index (Phi) is 10.1. The van der Waals surface area contributed by atoms with E-state index in [0.29, 0.717) is 62.3 Å². The van der Waals surface area contributed by atoms with E-state index in [2.05, 4.69) is 9.97 Å². The second kappa shape index (κ2) is 16.0. The van der Waals surface area contributed by atoms with E-state index in [9.17, 15) is 33.6 Å². The van der Waals surface area contributed by atoms with Gasteiger partial charge in [0.1, 0.15) is 69.2 Å². The third-order valence-corrected chi connectivity index (χ3v) is 15.2. The highest BCUT2D eigenvalue weighted by molar-refractivity contribution is 7.88. The minimum atomic E-state index is -3.63. The van der Waals surface area contributed by atoms with E-state index in [-0.39, 0.29) is 61.1 Å². The van der Waals surface area contributed by atoms with E-state index in [1.54, 1.807) is 69.3 Å². The first-order valence-corrected chi connectivity index (χ1v) is 24.1. The van der Waals surface area contributed by atoms with Crippen molar-refractivity contribution in [3.63, 3.8) is 0 Å². The number of amidine groups is 2. The van der Waals surface area contributed by atoms with Crippen molar-refractivity contribution in [3.05, 3.63) is 120 Å². The fourth-order valence-corrected chi connectivity index (χ4v) is 11.3. The lowest BCUT2D eigenvalue weighted by molar-refractivity contribution is -0.127. The van der Waals surface area contributed by atoms with Crippen molar-refractivity contribution in [1.29, 1.82) is 10.8 Å². The number of para-hydroxylation sites is 2. The molecule has 2 spiro atoms. The molecular weight excluding hydrogens is 917 g/mol. The molecule has 4 N–H and O–H groups in total. The lowest BCUT2D eigenvalue weighted by Crippen LogP contribution is -2.72. The lowest BCUT2D eigenvalue weighted by Gasteiger charge is -2.51. The number of likely N-dealkylation sites (tertiary alicyclic amines) is 1. The minimum absolute atomic E-state index is 0.0183. The average Bonchev–Trinajstić information content (AvgIpc) is 4.07. The Morgan fingerprint density at radius 3 is 1.56 bits per heavy atom. The van der Waals surface area contributed by atoms with Gasteiger partial charge in [0, 0.05) is 55.1 Å². The minimum Gasteiger partial charge on any atom is -0.497 e. The zero-order valence-corrected chi connectivity index (χ0v) is 39.4. The molecule has 6 heterocycles. The Hall–Kier alpha value is -8.10. The van der Waals surface area contributed by atoms with Gasteiger partial charge in [-0.15, -0.1) is 0 Å². The van der Waals surface area contributed by atoms with Crippen LogP contribution in [0.5, 0.6) is 23.0 Å². The highest BCUT2D eigenvalue weighted by Crippen LogP contribution is 2.49. The van der Waals surface area contributed by atoms with E-state index in [0.717, 1.165) is 22.9 Å². The summed E-state index contributed by atoms with van der Waals surface area (Å²) in [4.78, 5) is 64.3. The molecular formula is C50H46N10O9S. The quantitative estimate of drug-likeness (QED) is 0.128. The number of imidazole rings is 2. The number of carbonyl (C=O) groups excluding carboxylic acids is 3. The molecule has 0 radical (unpaired) electrons. The first-order chi connectivity index (χ1) is 33.6. The molecule has 0 aliphatic carbocycles. The number of carbonyl (C=O) groups is 3. The molecule has 2 aromatic heterocycles. The van der Waals surface area contributed by atoms with Gasteiger partial charge in [0.2, 0.25) is 10.0 Å². The molecule has 0 saturated carbocycles. The topological polar surface area (TPSA) is 240 Å². The number of hydrogen-bond donors (Lipinski definition) is 4. The zero-order chi connectivity index (χ0) is 49.0. The highest BCUT2D eigenvalue weighted by atomic mass is 32.2. The zero-order valence-electron chi connectivity index (χ0n) is 38.6. The van der Waals surface area contributed by atoms with Crippen molar-refractivity contribution in [1.82, 2.24) is 29.1 Å². The maximum Gasteiger partial charge on any atom is 0.254 e. The van der Waals surface area contributed by atoms with E-state index in [4.69, 9.17) is 28.9 Å². The second-order valence-corrected chi connectivity index (χ2v) is 20.0. The molecule has 4 saturated heterocycles. The summed E-state index contributed by atoms with van der Waals surface area (Å²) in [6.07, 6.45) is 1.09. The molecule has 4 aliphatic rings. The first-order valence-electron chi connectivity index (χ1n) is 22.2. The van der Waals surface area contributed by atoms with Crippen molar-refractivity contribution >= 4 is 72.6 Å². The Balaban J connectivity index is 0.850.